The molecule has 0 radical (unpaired) electrons. The summed E-state index contributed by atoms with van der Waals surface area (Å²) in [6, 6.07) is 14.6. The number of nitrogens with zero attached hydrogens (tertiary/aromatic N) is 5. The summed E-state index contributed by atoms with van der Waals surface area (Å²) < 4.78 is 2.20. The number of nitrogens with one attached hydrogen (secondary N) is 1. The number of carbonyl (C=O) groups is 1. The lowest BCUT2D eigenvalue weighted by molar-refractivity contribution is -0.384. The maximum atomic E-state index is 12.5. The number of hydrazone groups is 1. The SMILES string of the molecule is C/C(=N/NC(=O)CSc1nnc(-c2ccc(C)cc2)n1C1CCCCC1)c1ccc([N+](=O)[O-])cc1. The highest BCUT2D eigenvalue weighted by molar-refractivity contribution is 7.99. The van der Waals surface area contributed by atoms with E-state index in [0.717, 1.165) is 29.4 Å². The van der Waals surface area contributed by atoms with E-state index in [2.05, 4.69) is 56.5 Å². The minimum Gasteiger partial charge on any atom is -0.299 e. The Morgan fingerprint density at radius 3 is 2.46 bits per heavy atom. The Balaban J connectivity index is 1.44. The van der Waals surface area contributed by atoms with E-state index in [1.807, 2.05) is 0 Å². The lowest BCUT2D eigenvalue weighted by Gasteiger charge is -2.25. The minimum absolute atomic E-state index is 0.00840. The molecule has 3 aromatic rings. The molecule has 0 unspecified atom stereocenters. The molecule has 4 rings (SSSR count). The largest absolute Gasteiger partial charge is 0.299 e. The predicted molar refractivity (Wildman–Crippen MR) is 136 cm³/mol. The fraction of sp³-hybridized carbons (Fsp3) is 0.360. The number of non-ortho nitro benzene ring substituents is 1. The molecule has 1 amide bonds. The first-order chi connectivity index (χ1) is 16.9. The zero-order chi connectivity index (χ0) is 24.8. The highest BCUT2D eigenvalue weighted by atomic mass is 32.2. The van der Waals surface area contributed by atoms with Gasteiger partial charge in [0.25, 0.3) is 11.6 Å². The third-order valence-electron chi connectivity index (χ3n) is 6.09. The minimum atomic E-state index is -0.453. The van der Waals surface area contributed by atoms with Crippen LogP contribution in [-0.4, -0.2) is 37.1 Å². The standard InChI is InChI=1S/C25H28N6O3S/c1-17-8-10-20(11-9-17)24-28-29-25(30(24)21-6-4-3-5-7-21)35-16-23(32)27-26-18(2)19-12-14-22(15-13-19)31(33)34/h8-15,21H,3-7,16H2,1-2H3,(H,27,32)/b26-18-. The Hall–Kier alpha value is -3.53. The molecular formula is C25H28N6O3S. The van der Waals surface area contributed by atoms with Crippen molar-refractivity contribution in [2.45, 2.75) is 57.1 Å². The van der Waals surface area contributed by atoms with Crippen molar-refractivity contribution in [3.05, 3.63) is 69.8 Å². The van der Waals surface area contributed by atoms with Gasteiger partial charge in [-0.15, -0.1) is 10.2 Å². The average molecular weight is 493 g/mol. The molecule has 1 fully saturated rings. The molecule has 1 aliphatic carbocycles. The number of nitro benzene ring substituents is 1. The first kappa shape index (κ1) is 24.6. The van der Waals surface area contributed by atoms with Crippen LogP contribution >= 0.6 is 11.8 Å². The van der Waals surface area contributed by atoms with Crippen LogP contribution in [0.2, 0.25) is 0 Å². The van der Waals surface area contributed by atoms with Crippen molar-refractivity contribution >= 4 is 29.1 Å². The van der Waals surface area contributed by atoms with Crippen molar-refractivity contribution in [1.29, 1.82) is 0 Å². The zero-order valence-electron chi connectivity index (χ0n) is 19.8. The molecule has 1 heterocycles. The number of hydrogen-bond donors (Lipinski definition) is 1. The Morgan fingerprint density at radius 1 is 1.11 bits per heavy atom. The van der Waals surface area contributed by atoms with Gasteiger partial charge >= 0.3 is 0 Å². The molecule has 10 heteroatoms. The molecule has 1 aromatic heterocycles. The highest BCUT2D eigenvalue weighted by Gasteiger charge is 2.24. The number of hydrogen-bond acceptors (Lipinski definition) is 7. The number of rotatable bonds is 8. The summed E-state index contributed by atoms with van der Waals surface area (Å²) in [6.07, 6.45) is 5.76. The van der Waals surface area contributed by atoms with E-state index in [0.29, 0.717) is 17.3 Å². The molecular weight excluding hydrogens is 464 g/mol. The fourth-order valence-electron chi connectivity index (χ4n) is 4.14. The smallest absolute Gasteiger partial charge is 0.269 e. The van der Waals surface area contributed by atoms with E-state index in [9.17, 15) is 14.9 Å². The Bertz CT molecular complexity index is 1220. The van der Waals surface area contributed by atoms with Crippen LogP contribution in [0.25, 0.3) is 11.4 Å². The maximum absolute atomic E-state index is 12.5. The number of aryl methyl sites for hydroxylation is 1. The van der Waals surface area contributed by atoms with Crippen molar-refractivity contribution in [2.24, 2.45) is 5.10 Å². The van der Waals surface area contributed by atoms with Crippen LogP contribution in [0.5, 0.6) is 0 Å². The van der Waals surface area contributed by atoms with Crippen LogP contribution in [0, 0.1) is 17.0 Å². The van der Waals surface area contributed by atoms with Gasteiger partial charge in [0.2, 0.25) is 0 Å². The molecule has 2 aromatic carbocycles. The number of nitro groups is 1. The van der Waals surface area contributed by atoms with Gasteiger partial charge in [0.15, 0.2) is 11.0 Å². The van der Waals surface area contributed by atoms with Gasteiger partial charge in [-0.05, 0) is 44.4 Å². The normalized spacial score (nSPS) is 14.6. The van der Waals surface area contributed by atoms with Gasteiger partial charge in [-0.25, -0.2) is 5.43 Å². The summed E-state index contributed by atoms with van der Waals surface area (Å²) in [5.74, 6) is 0.730. The molecule has 0 aliphatic heterocycles. The van der Waals surface area contributed by atoms with E-state index in [1.54, 1.807) is 19.1 Å². The molecule has 9 nitrogen and oxygen atoms in total. The second kappa shape index (κ2) is 11.3. The lowest BCUT2D eigenvalue weighted by Crippen LogP contribution is -2.22. The van der Waals surface area contributed by atoms with E-state index in [1.165, 1.54) is 48.7 Å². The first-order valence-corrected chi connectivity index (χ1v) is 12.6. The molecule has 1 saturated carbocycles. The van der Waals surface area contributed by atoms with Crippen LogP contribution in [-0.2, 0) is 4.79 Å². The number of benzene rings is 2. The van der Waals surface area contributed by atoms with Gasteiger partial charge in [0.05, 0.1) is 16.4 Å². The van der Waals surface area contributed by atoms with Crippen molar-refractivity contribution in [3.63, 3.8) is 0 Å². The first-order valence-electron chi connectivity index (χ1n) is 11.6. The quantitative estimate of drug-likeness (QED) is 0.197. The van der Waals surface area contributed by atoms with Crippen LogP contribution in [0.15, 0.2) is 58.8 Å². The molecule has 35 heavy (non-hydrogen) atoms. The van der Waals surface area contributed by atoms with E-state index < -0.39 is 4.92 Å². The van der Waals surface area contributed by atoms with Crippen LogP contribution in [0.1, 0.15) is 56.2 Å². The Labute approximate surface area is 208 Å². The van der Waals surface area contributed by atoms with E-state index in [-0.39, 0.29) is 17.3 Å². The summed E-state index contributed by atoms with van der Waals surface area (Å²) in [6.45, 7) is 3.80. The van der Waals surface area contributed by atoms with Crippen LogP contribution < -0.4 is 5.43 Å². The lowest BCUT2D eigenvalue weighted by atomic mass is 9.95. The van der Waals surface area contributed by atoms with Gasteiger partial charge < -0.3 is 0 Å². The monoisotopic (exact) mass is 492 g/mol. The molecule has 1 aliphatic rings. The van der Waals surface area contributed by atoms with Crippen LogP contribution in [0.3, 0.4) is 0 Å². The Kier molecular flexibility index (Phi) is 7.91. The number of thioether (sulfide) groups is 1. The molecule has 0 atom stereocenters. The summed E-state index contributed by atoms with van der Waals surface area (Å²) in [5, 5.41) is 24.6. The molecule has 0 spiro atoms. The van der Waals surface area contributed by atoms with Gasteiger partial charge in [0.1, 0.15) is 0 Å². The summed E-state index contributed by atoms with van der Waals surface area (Å²) >= 11 is 1.35. The molecule has 1 N–H and O–H groups in total. The van der Waals surface area contributed by atoms with Crippen LogP contribution in [0.4, 0.5) is 5.69 Å². The number of carbonyl (C=O) groups excluding carboxylic acids is 1. The van der Waals surface area contributed by atoms with Gasteiger partial charge in [0, 0.05) is 23.7 Å². The maximum Gasteiger partial charge on any atom is 0.269 e. The number of aromatic nitrogens is 3. The zero-order valence-corrected chi connectivity index (χ0v) is 20.6. The summed E-state index contributed by atoms with van der Waals surface area (Å²) in [7, 11) is 0. The summed E-state index contributed by atoms with van der Waals surface area (Å²) in [5.41, 5.74) is 6.05. The van der Waals surface area contributed by atoms with Crippen molar-refractivity contribution in [3.8, 4) is 11.4 Å². The van der Waals surface area contributed by atoms with Gasteiger partial charge in [-0.3, -0.25) is 19.5 Å². The van der Waals surface area contributed by atoms with Gasteiger partial charge in [-0.2, -0.15) is 5.10 Å². The molecule has 0 bridgehead atoms. The fourth-order valence-corrected chi connectivity index (χ4v) is 4.94. The van der Waals surface area contributed by atoms with Gasteiger partial charge in [-0.1, -0.05) is 60.9 Å². The number of amides is 1. The second-order valence-electron chi connectivity index (χ2n) is 8.66. The topological polar surface area (TPSA) is 115 Å². The predicted octanol–water partition coefficient (Wildman–Crippen LogP) is 5.30. The molecule has 0 saturated heterocycles. The average Bonchev–Trinajstić information content (AvgIpc) is 3.31. The summed E-state index contributed by atoms with van der Waals surface area (Å²) in [4.78, 5) is 22.9. The second-order valence-corrected chi connectivity index (χ2v) is 9.60. The molecule has 182 valence electrons. The highest BCUT2D eigenvalue weighted by Crippen LogP contribution is 2.35. The van der Waals surface area contributed by atoms with Crippen molar-refractivity contribution < 1.29 is 9.72 Å². The van der Waals surface area contributed by atoms with E-state index in [4.69, 9.17) is 0 Å². The third kappa shape index (κ3) is 6.13. The van der Waals surface area contributed by atoms with Crippen molar-refractivity contribution in [2.75, 3.05) is 5.75 Å². The third-order valence-corrected chi connectivity index (χ3v) is 7.03. The van der Waals surface area contributed by atoms with Crippen molar-refractivity contribution in [1.82, 2.24) is 20.2 Å². The van der Waals surface area contributed by atoms with E-state index >= 15 is 0 Å². The Morgan fingerprint density at radius 2 is 1.80 bits per heavy atom.